The van der Waals surface area contributed by atoms with Crippen molar-refractivity contribution in [2.24, 2.45) is 9.98 Å². The van der Waals surface area contributed by atoms with Gasteiger partial charge in [0.15, 0.2) is 0 Å². The fraction of sp³-hybridized carbons (Fsp3) is 0.263. The van der Waals surface area contributed by atoms with E-state index in [1.165, 1.54) is 5.69 Å². The Balaban J connectivity index is 1.72. The highest BCUT2D eigenvalue weighted by Crippen LogP contribution is 2.21. The first kappa shape index (κ1) is 18.2. The molecule has 1 atom stereocenters. The number of hydrogen-bond acceptors (Lipinski definition) is 5. The number of alkyl halides is 1. The molecule has 0 saturated carbocycles. The average Bonchev–Trinajstić information content (AvgIpc) is 2.53. The third-order valence-electron chi connectivity index (χ3n) is 3.87. The minimum absolute atomic E-state index is 0.550. The van der Waals surface area contributed by atoms with Gasteiger partial charge in [0.25, 0.3) is 0 Å². The van der Waals surface area contributed by atoms with E-state index in [1.807, 2.05) is 43.3 Å². The molecule has 2 aromatic carbocycles. The number of benzene rings is 2. The van der Waals surface area contributed by atoms with Crippen LogP contribution in [0.1, 0.15) is 5.56 Å². The molecule has 1 heterocycles. The van der Waals surface area contributed by atoms with E-state index in [2.05, 4.69) is 59.2 Å². The van der Waals surface area contributed by atoms with Gasteiger partial charge in [0, 0.05) is 17.4 Å². The van der Waals surface area contributed by atoms with Crippen LogP contribution in [0.3, 0.4) is 0 Å². The fourth-order valence-electron chi connectivity index (χ4n) is 2.54. The lowest BCUT2D eigenvalue weighted by Gasteiger charge is -2.24. The Bertz CT molecular complexity index is 853. The van der Waals surface area contributed by atoms with Crippen molar-refractivity contribution in [3.05, 3.63) is 54.1 Å². The molecule has 2 aromatic rings. The van der Waals surface area contributed by atoms with E-state index >= 15 is 0 Å². The van der Waals surface area contributed by atoms with Gasteiger partial charge in [-0.2, -0.15) is 0 Å². The van der Waals surface area contributed by atoms with Crippen molar-refractivity contribution in [2.45, 2.75) is 12.5 Å². The maximum absolute atomic E-state index is 6.18. The minimum Gasteiger partial charge on any atom is -0.326 e. The zero-order valence-corrected chi connectivity index (χ0v) is 16.2. The Morgan fingerprint density at radius 2 is 1.50 bits per heavy atom. The van der Waals surface area contributed by atoms with E-state index in [-0.39, 0.29) is 0 Å². The predicted octanol–water partition coefficient (Wildman–Crippen LogP) is 3.55. The molecular weight excluding hydrogens is 348 g/mol. The minimum atomic E-state index is -0.687. The second kappa shape index (κ2) is 7.35. The number of nitrogens with zero attached hydrogens (tertiary/aromatic N) is 3. The van der Waals surface area contributed by atoms with Crippen LogP contribution in [0, 0.1) is 6.92 Å². The summed E-state index contributed by atoms with van der Waals surface area (Å²) < 4.78 is 0.731. The van der Waals surface area contributed by atoms with Crippen LogP contribution in [0.25, 0.3) is 0 Å². The van der Waals surface area contributed by atoms with E-state index in [1.54, 1.807) is 0 Å². The molecule has 7 heteroatoms. The zero-order valence-electron chi connectivity index (χ0n) is 15.4. The lowest BCUT2D eigenvalue weighted by molar-refractivity contribution is 0.486. The second-order valence-corrected chi connectivity index (χ2v) is 7.46. The van der Waals surface area contributed by atoms with Crippen LogP contribution in [0.2, 0.25) is 0 Å². The summed E-state index contributed by atoms with van der Waals surface area (Å²) in [7, 11) is 6.38. The molecule has 1 unspecified atom stereocenters. The van der Waals surface area contributed by atoms with E-state index in [4.69, 9.17) is 11.6 Å². The molecule has 1 aliphatic heterocycles. The number of aryl methyl sites for hydroxylation is 1. The Hall–Kier alpha value is -2.57. The molecule has 26 heavy (non-hydrogen) atoms. The SMILES string of the molecule is Cc1cccc(NC2=NC(Cl)N=C(Nc3cccc([N+](C)(C)C)c3)N2)c1. The summed E-state index contributed by atoms with van der Waals surface area (Å²) in [5, 5.41) is 9.66. The quantitative estimate of drug-likeness (QED) is 0.439. The van der Waals surface area contributed by atoms with Crippen molar-refractivity contribution < 1.29 is 0 Å². The topological polar surface area (TPSA) is 60.8 Å². The van der Waals surface area contributed by atoms with Gasteiger partial charge in [-0.1, -0.05) is 29.8 Å². The molecule has 3 rings (SSSR count). The average molecular weight is 372 g/mol. The number of anilines is 2. The number of halogens is 1. The van der Waals surface area contributed by atoms with Gasteiger partial charge in [-0.15, -0.1) is 0 Å². The first-order valence-corrected chi connectivity index (χ1v) is 8.83. The van der Waals surface area contributed by atoms with Gasteiger partial charge >= 0.3 is 0 Å². The van der Waals surface area contributed by atoms with E-state index in [0.29, 0.717) is 11.9 Å². The molecule has 3 N–H and O–H groups in total. The monoisotopic (exact) mass is 371 g/mol. The van der Waals surface area contributed by atoms with Gasteiger partial charge < -0.3 is 10.6 Å². The molecule has 0 spiro atoms. The smallest absolute Gasteiger partial charge is 0.222 e. The fourth-order valence-corrected chi connectivity index (χ4v) is 2.74. The summed E-state index contributed by atoms with van der Waals surface area (Å²) in [6.07, 6.45) is 0. The van der Waals surface area contributed by atoms with Crippen LogP contribution in [0.5, 0.6) is 0 Å². The molecule has 0 radical (unpaired) electrons. The van der Waals surface area contributed by atoms with Gasteiger partial charge in [0.2, 0.25) is 17.5 Å². The van der Waals surface area contributed by atoms with E-state index < -0.39 is 5.62 Å². The molecular formula is C19H24ClN6+. The number of aliphatic imine (C=N–C) groups is 2. The number of hydrogen-bond donors (Lipinski definition) is 3. The molecule has 1 aliphatic rings. The van der Waals surface area contributed by atoms with E-state index in [0.717, 1.165) is 21.4 Å². The molecule has 0 saturated heterocycles. The van der Waals surface area contributed by atoms with Crippen molar-refractivity contribution in [1.29, 1.82) is 0 Å². The molecule has 6 nitrogen and oxygen atoms in total. The number of nitrogens with one attached hydrogen (secondary N) is 3. The Morgan fingerprint density at radius 1 is 0.923 bits per heavy atom. The summed E-state index contributed by atoms with van der Waals surface area (Å²) in [5.41, 5.74) is 3.53. The molecule has 0 bridgehead atoms. The Labute approximate surface area is 159 Å². The maximum atomic E-state index is 6.18. The van der Waals surface area contributed by atoms with Crippen LogP contribution in [0.4, 0.5) is 17.1 Å². The zero-order chi connectivity index (χ0) is 18.7. The summed E-state index contributed by atoms with van der Waals surface area (Å²) in [5.74, 6) is 1.10. The first-order chi connectivity index (χ1) is 12.3. The molecule has 0 aliphatic carbocycles. The highest BCUT2D eigenvalue weighted by molar-refractivity contribution is 6.23. The normalized spacial score (nSPS) is 17.0. The lowest BCUT2D eigenvalue weighted by Crippen LogP contribution is -2.43. The molecule has 0 aromatic heterocycles. The van der Waals surface area contributed by atoms with Gasteiger partial charge in [0.1, 0.15) is 5.69 Å². The highest BCUT2D eigenvalue weighted by atomic mass is 35.5. The number of rotatable bonds is 3. The highest BCUT2D eigenvalue weighted by Gasteiger charge is 2.17. The Kier molecular flexibility index (Phi) is 5.15. The van der Waals surface area contributed by atoms with Crippen LogP contribution in [-0.2, 0) is 0 Å². The lowest BCUT2D eigenvalue weighted by atomic mass is 10.2. The van der Waals surface area contributed by atoms with Gasteiger partial charge in [-0.05, 0) is 36.8 Å². The third-order valence-corrected chi connectivity index (χ3v) is 4.07. The molecule has 0 fully saturated rings. The standard InChI is InChI=1S/C19H24ClN6/c1-13-7-5-8-14(11-13)21-18-23-17(20)24-19(25-18)22-15-9-6-10-16(12-15)26(2,3)4/h5-12,17H,1-4H3,(H3,21,22,23,24,25)/q+1. The second-order valence-electron chi connectivity index (χ2n) is 7.07. The largest absolute Gasteiger partial charge is 0.326 e. The van der Waals surface area contributed by atoms with Crippen LogP contribution in [-0.4, -0.2) is 38.7 Å². The van der Waals surface area contributed by atoms with Crippen molar-refractivity contribution in [2.75, 3.05) is 31.8 Å². The van der Waals surface area contributed by atoms with Gasteiger partial charge in [0.05, 0.1) is 21.1 Å². The Morgan fingerprint density at radius 3 is 2.08 bits per heavy atom. The van der Waals surface area contributed by atoms with Crippen molar-refractivity contribution >= 4 is 40.6 Å². The summed E-state index contributed by atoms with van der Waals surface area (Å²) in [6.45, 7) is 2.04. The van der Waals surface area contributed by atoms with E-state index in [9.17, 15) is 0 Å². The van der Waals surface area contributed by atoms with Crippen LogP contribution >= 0.6 is 11.6 Å². The van der Waals surface area contributed by atoms with Crippen LogP contribution in [0.15, 0.2) is 58.5 Å². The summed E-state index contributed by atoms with van der Waals surface area (Å²) in [4.78, 5) is 8.59. The summed E-state index contributed by atoms with van der Waals surface area (Å²) >= 11 is 6.18. The van der Waals surface area contributed by atoms with Crippen LogP contribution < -0.4 is 20.4 Å². The van der Waals surface area contributed by atoms with Gasteiger partial charge in [-0.25, -0.2) is 9.98 Å². The van der Waals surface area contributed by atoms with Crippen molar-refractivity contribution in [3.63, 3.8) is 0 Å². The molecule has 136 valence electrons. The maximum Gasteiger partial charge on any atom is 0.222 e. The number of guanidine groups is 2. The van der Waals surface area contributed by atoms with Gasteiger partial charge in [-0.3, -0.25) is 9.80 Å². The number of quaternary nitrogens is 1. The molecule has 0 amide bonds. The first-order valence-electron chi connectivity index (χ1n) is 8.39. The summed E-state index contributed by atoms with van der Waals surface area (Å²) in [6, 6.07) is 16.2. The van der Waals surface area contributed by atoms with Crippen molar-refractivity contribution in [3.8, 4) is 0 Å². The third kappa shape index (κ3) is 4.74. The van der Waals surface area contributed by atoms with Crippen molar-refractivity contribution in [1.82, 2.24) is 9.80 Å². The predicted molar refractivity (Wildman–Crippen MR) is 112 cm³/mol.